The lowest BCUT2D eigenvalue weighted by Crippen LogP contribution is -2.05. The first kappa shape index (κ1) is 11.4. The Kier molecular flexibility index (Phi) is 5.19. The first-order valence-electron chi connectivity index (χ1n) is 3.90. The SMILES string of the molecule is C=C(N)/C=C\C=C/CC(=O)C(C)=N. The van der Waals surface area contributed by atoms with Gasteiger partial charge in [0, 0.05) is 12.1 Å². The molecule has 70 valence electrons. The number of hydrogen-bond acceptors (Lipinski definition) is 3. The van der Waals surface area contributed by atoms with E-state index in [-0.39, 0.29) is 17.9 Å². The van der Waals surface area contributed by atoms with Crippen molar-refractivity contribution in [2.24, 2.45) is 5.73 Å². The van der Waals surface area contributed by atoms with Crippen molar-refractivity contribution in [3.63, 3.8) is 0 Å². The molecule has 0 aliphatic heterocycles. The molecule has 0 spiro atoms. The van der Waals surface area contributed by atoms with E-state index in [2.05, 4.69) is 6.58 Å². The van der Waals surface area contributed by atoms with E-state index in [1.165, 1.54) is 6.92 Å². The molecule has 3 N–H and O–H groups in total. The van der Waals surface area contributed by atoms with Crippen LogP contribution >= 0.6 is 0 Å². The van der Waals surface area contributed by atoms with E-state index in [1.807, 2.05) is 0 Å². The third-order valence-electron chi connectivity index (χ3n) is 1.28. The number of carbonyl (C=O) groups excluding carboxylic acids is 1. The summed E-state index contributed by atoms with van der Waals surface area (Å²) in [6.07, 6.45) is 6.99. The average molecular weight is 178 g/mol. The van der Waals surface area contributed by atoms with Crippen molar-refractivity contribution >= 4 is 11.5 Å². The van der Waals surface area contributed by atoms with Crippen LogP contribution in [0.3, 0.4) is 0 Å². The molecule has 0 bridgehead atoms. The van der Waals surface area contributed by atoms with E-state index in [0.717, 1.165) is 0 Å². The van der Waals surface area contributed by atoms with Crippen LogP contribution in [0.2, 0.25) is 0 Å². The Hall–Kier alpha value is -1.64. The lowest BCUT2D eigenvalue weighted by molar-refractivity contribution is -0.112. The fourth-order valence-electron chi connectivity index (χ4n) is 0.586. The predicted molar refractivity (Wildman–Crippen MR) is 54.6 cm³/mol. The first-order valence-corrected chi connectivity index (χ1v) is 3.90. The molecule has 0 unspecified atom stereocenters. The molecule has 3 heteroatoms. The summed E-state index contributed by atoms with van der Waals surface area (Å²) in [7, 11) is 0. The van der Waals surface area contributed by atoms with E-state index in [9.17, 15) is 4.79 Å². The van der Waals surface area contributed by atoms with Crippen LogP contribution in [0, 0.1) is 5.41 Å². The number of nitrogens with two attached hydrogens (primary N) is 1. The summed E-state index contributed by atoms with van der Waals surface area (Å²) < 4.78 is 0. The standard InChI is InChI=1S/C10H14N2O/c1-8(11)6-4-3-5-7-10(13)9(2)12/h3-6,12H,1,7,11H2,2H3/b5-3-,6-4-,12-9?. The van der Waals surface area contributed by atoms with Gasteiger partial charge in [-0.05, 0) is 13.0 Å². The monoisotopic (exact) mass is 178 g/mol. The van der Waals surface area contributed by atoms with Gasteiger partial charge in [-0.1, -0.05) is 24.8 Å². The second kappa shape index (κ2) is 5.94. The van der Waals surface area contributed by atoms with E-state index in [0.29, 0.717) is 5.70 Å². The smallest absolute Gasteiger partial charge is 0.179 e. The van der Waals surface area contributed by atoms with Crippen molar-refractivity contribution in [1.82, 2.24) is 0 Å². The minimum absolute atomic E-state index is 0.0804. The molecule has 0 atom stereocenters. The second-order valence-electron chi connectivity index (χ2n) is 2.61. The van der Waals surface area contributed by atoms with E-state index in [4.69, 9.17) is 11.1 Å². The quantitative estimate of drug-likeness (QED) is 0.495. The zero-order valence-electron chi connectivity index (χ0n) is 7.71. The highest BCUT2D eigenvalue weighted by Crippen LogP contribution is 1.89. The molecule has 0 rings (SSSR count). The van der Waals surface area contributed by atoms with Crippen LogP contribution in [0.4, 0.5) is 0 Å². The predicted octanol–water partition coefficient (Wildman–Crippen LogP) is 1.57. The van der Waals surface area contributed by atoms with E-state index in [1.54, 1.807) is 24.3 Å². The summed E-state index contributed by atoms with van der Waals surface area (Å²) in [6.45, 7) is 4.95. The van der Waals surface area contributed by atoms with Gasteiger partial charge in [-0.3, -0.25) is 4.79 Å². The van der Waals surface area contributed by atoms with Crippen LogP contribution < -0.4 is 5.73 Å². The highest BCUT2D eigenvalue weighted by atomic mass is 16.1. The molecule has 0 saturated carbocycles. The molecule has 0 amide bonds. The van der Waals surface area contributed by atoms with Crippen LogP contribution in [-0.4, -0.2) is 11.5 Å². The second-order valence-corrected chi connectivity index (χ2v) is 2.61. The summed E-state index contributed by atoms with van der Waals surface area (Å²) in [5.41, 5.74) is 5.82. The number of carbonyl (C=O) groups is 1. The number of Topliss-reactive ketones (excluding diaryl/α,β-unsaturated/α-hetero) is 1. The van der Waals surface area contributed by atoms with Crippen molar-refractivity contribution in [3.05, 3.63) is 36.6 Å². The third-order valence-corrected chi connectivity index (χ3v) is 1.28. The molecule has 0 radical (unpaired) electrons. The summed E-state index contributed by atoms with van der Waals surface area (Å²) in [5.74, 6) is -0.170. The Labute approximate surface area is 78.1 Å². The molecule has 0 saturated heterocycles. The maximum atomic E-state index is 10.9. The average Bonchev–Trinajstić information content (AvgIpc) is 2.02. The largest absolute Gasteiger partial charge is 0.399 e. The van der Waals surface area contributed by atoms with Crippen molar-refractivity contribution in [2.45, 2.75) is 13.3 Å². The molecule has 0 aliphatic rings. The summed E-state index contributed by atoms with van der Waals surface area (Å²) in [5, 5.41) is 7.01. The Morgan fingerprint density at radius 2 is 2.15 bits per heavy atom. The van der Waals surface area contributed by atoms with Crippen LogP contribution in [-0.2, 0) is 4.79 Å². The van der Waals surface area contributed by atoms with Gasteiger partial charge in [0.05, 0.1) is 5.71 Å². The van der Waals surface area contributed by atoms with Gasteiger partial charge in [0.2, 0.25) is 0 Å². The Morgan fingerprint density at radius 3 is 2.62 bits per heavy atom. The molecule has 0 aromatic rings. The molecule has 0 heterocycles. The molecule has 0 fully saturated rings. The fraction of sp³-hybridized carbons (Fsp3) is 0.200. The molecule has 13 heavy (non-hydrogen) atoms. The lowest BCUT2D eigenvalue weighted by atomic mass is 10.2. The van der Waals surface area contributed by atoms with Gasteiger partial charge in [0.1, 0.15) is 0 Å². The van der Waals surface area contributed by atoms with E-state index >= 15 is 0 Å². The summed E-state index contributed by atoms with van der Waals surface area (Å²) in [4.78, 5) is 10.9. The highest BCUT2D eigenvalue weighted by Gasteiger charge is 1.98. The number of ketones is 1. The minimum Gasteiger partial charge on any atom is -0.399 e. The maximum absolute atomic E-state index is 10.9. The molecular weight excluding hydrogens is 164 g/mol. The molecule has 0 aliphatic carbocycles. The fourth-order valence-corrected chi connectivity index (χ4v) is 0.586. The van der Waals surface area contributed by atoms with Gasteiger partial charge < -0.3 is 11.1 Å². The number of rotatable bonds is 5. The van der Waals surface area contributed by atoms with Crippen molar-refractivity contribution in [3.8, 4) is 0 Å². The Balaban J connectivity index is 3.83. The van der Waals surface area contributed by atoms with Crippen molar-refractivity contribution in [2.75, 3.05) is 0 Å². The summed E-state index contributed by atoms with van der Waals surface area (Å²) in [6, 6.07) is 0. The molecule has 3 nitrogen and oxygen atoms in total. The first-order chi connectivity index (χ1) is 6.04. The normalized spacial score (nSPS) is 10.8. The van der Waals surface area contributed by atoms with Crippen molar-refractivity contribution in [1.29, 1.82) is 5.41 Å². The molecule has 0 aromatic carbocycles. The van der Waals surface area contributed by atoms with Crippen molar-refractivity contribution < 1.29 is 4.79 Å². The van der Waals surface area contributed by atoms with Crippen LogP contribution in [0.1, 0.15) is 13.3 Å². The number of allylic oxidation sites excluding steroid dienone is 4. The van der Waals surface area contributed by atoms with E-state index < -0.39 is 0 Å². The lowest BCUT2D eigenvalue weighted by Gasteiger charge is -1.89. The van der Waals surface area contributed by atoms with Gasteiger partial charge >= 0.3 is 0 Å². The van der Waals surface area contributed by atoms with Gasteiger partial charge in [-0.15, -0.1) is 0 Å². The number of hydrogen-bond donors (Lipinski definition) is 2. The Bertz CT molecular complexity index is 275. The highest BCUT2D eigenvalue weighted by molar-refractivity contribution is 6.37. The van der Waals surface area contributed by atoms with Gasteiger partial charge in [0.15, 0.2) is 5.78 Å². The molecule has 0 aromatic heterocycles. The topological polar surface area (TPSA) is 66.9 Å². The van der Waals surface area contributed by atoms with Gasteiger partial charge in [0.25, 0.3) is 0 Å². The van der Waals surface area contributed by atoms with Crippen LogP contribution in [0.25, 0.3) is 0 Å². The Morgan fingerprint density at radius 1 is 1.54 bits per heavy atom. The van der Waals surface area contributed by atoms with Crippen LogP contribution in [0.15, 0.2) is 36.6 Å². The van der Waals surface area contributed by atoms with Gasteiger partial charge in [-0.2, -0.15) is 0 Å². The maximum Gasteiger partial charge on any atom is 0.179 e. The zero-order valence-corrected chi connectivity index (χ0v) is 7.71. The summed E-state index contributed by atoms with van der Waals surface area (Å²) >= 11 is 0. The van der Waals surface area contributed by atoms with Gasteiger partial charge in [-0.25, -0.2) is 0 Å². The minimum atomic E-state index is -0.170. The third kappa shape index (κ3) is 6.75. The zero-order chi connectivity index (χ0) is 10.3. The molecular formula is C10H14N2O. The van der Waals surface area contributed by atoms with Crippen LogP contribution in [0.5, 0.6) is 0 Å². The number of nitrogens with one attached hydrogen (secondary N) is 1.